The minimum absolute atomic E-state index is 0.00628. The van der Waals surface area contributed by atoms with Gasteiger partial charge in [-0.1, -0.05) is 28.0 Å². The Hall–Kier alpha value is -1.20. The molecule has 17 heavy (non-hydrogen) atoms. The molecule has 0 aliphatic rings. The SMILES string of the molecule is CC(N)C(C)c1nc(-c2ccc(Br)cc2)no1. The van der Waals surface area contributed by atoms with Crippen LogP contribution in [-0.2, 0) is 0 Å². The second-order valence-corrected chi connectivity index (χ2v) is 5.03. The molecule has 1 aromatic carbocycles. The molecular formula is C12H14BrN3O. The van der Waals surface area contributed by atoms with Gasteiger partial charge < -0.3 is 10.3 Å². The van der Waals surface area contributed by atoms with E-state index in [1.54, 1.807) is 0 Å². The number of aromatic nitrogens is 2. The van der Waals surface area contributed by atoms with E-state index in [2.05, 4.69) is 26.1 Å². The monoisotopic (exact) mass is 295 g/mol. The quantitative estimate of drug-likeness (QED) is 0.945. The van der Waals surface area contributed by atoms with Crippen molar-refractivity contribution in [2.24, 2.45) is 5.73 Å². The Morgan fingerprint density at radius 2 is 1.88 bits per heavy atom. The van der Waals surface area contributed by atoms with Crippen molar-refractivity contribution >= 4 is 15.9 Å². The number of hydrogen-bond acceptors (Lipinski definition) is 4. The molecular weight excluding hydrogens is 282 g/mol. The lowest BCUT2D eigenvalue weighted by molar-refractivity contribution is 0.347. The summed E-state index contributed by atoms with van der Waals surface area (Å²) in [6.45, 7) is 3.90. The van der Waals surface area contributed by atoms with Crippen molar-refractivity contribution in [3.63, 3.8) is 0 Å². The number of hydrogen-bond donors (Lipinski definition) is 1. The van der Waals surface area contributed by atoms with Crippen molar-refractivity contribution in [1.82, 2.24) is 10.1 Å². The summed E-state index contributed by atoms with van der Waals surface area (Å²) in [4.78, 5) is 4.36. The lowest BCUT2D eigenvalue weighted by Gasteiger charge is -2.09. The van der Waals surface area contributed by atoms with Gasteiger partial charge in [-0.15, -0.1) is 0 Å². The number of nitrogens with two attached hydrogens (primary N) is 1. The molecule has 90 valence electrons. The number of halogens is 1. The van der Waals surface area contributed by atoms with Crippen molar-refractivity contribution in [2.45, 2.75) is 25.8 Å². The zero-order chi connectivity index (χ0) is 12.4. The summed E-state index contributed by atoms with van der Waals surface area (Å²) in [5.74, 6) is 1.24. The van der Waals surface area contributed by atoms with Gasteiger partial charge in [0.15, 0.2) is 0 Å². The van der Waals surface area contributed by atoms with E-state index in [1.807, 2.05) is 38.1 Å². The minimum Gasteiger partial charge on any atom is -0.339 e. The first-order valence-electron chi connectivity index (χ1n) is 5.43. The van der Waals surface area contributed by atoms with Gasteiger partial charge in [0, 0.05) is 16.1 Å². The molecule has 0 bridgehead atoms. The molecule has 2 N–H and O–H groups in total. The minimum atomic E-state index is -0.00628. The second kappa shape index (κ2) is 4.98. The Balaban J connectivity index is 2.26. The van der Waals surface area contributed by atoms with Crippen molar-refractivity contribution in [2.75, 3.05) is 0 Å². The van der Waals surface area contributed by atoms with Gasteiger partial charge in [-0.2, -0.15) is 4.98 Å². The third-order valence-corrected chi connectivity index (χ3v) is 3.25. The Bertz CT molecular complexity index is 493. The molecule has 1 heterocycles. The average Bonchev–Trinajstić information content (AvgIpc) is 2.78. The molecule has 0 spiro atoms. The zero-order valence-corrected chi connectivity index (χ0v) is 11.3. The predicted molar refractivity (Wildman–Crippen MR) is 69.5 cm³/mol. The molecule has 2 rings (SSSR count). The van der Waals surface area contributed by atoms with E-state index >= 15 is 0 Å². The van der Waals surface area contributed by atoms with Crippen molar-refractivity contribution in [3.05, 3.63) is 34.6 Å². The van der Waals surface area contributed by atoms with Crippen LogP contribution in [0.3, 0.4) is 0 Å². The molecule has 0 saturated carbocycles. The normalized spacial score (nSPS) is 14.6. The molecule has 5 heteroatoms. The average molecular weight is 296 g/mol. The van der Waals surface area contributed by atoms with Crippen LogP contribution >= 0.6 is 15.9 Å². The maximum Gasteiger partial charge on any atom is 0.231 e. The van der Waals surface area contributed by atoms with Gasteiger partial charge in [-0.25, -0.2) is 0 Å². The van der Waals surface area contributed by atoms with Crippen molar-refractivity contribution in [1.29, 1.82) is 0 Å². The van der Waals surface area contributed by atoms with Crippen LogP contribution in [0.4, 0.5) is 0 Å². The Morgan fingerprint density at radius 3 is 2.47 bits per heavy atom. The third-order valence-electron chi connectivity index (χ3n) is 2.72. The first-order chi connectivity index (χ1) is 8.08. The van der Waals surface area contributed by atoms with E-state index in [0.29, 0.717) is 11.7 Å². The van der Waals surface area contributed by atoms with E-state index in [9.17, 15) is 0 Å². The lowest BCUT2D eigenvalue weighted by Crippen LogP contribution is -2.22. The number of rotatable bonds is 3. The molecule has 0 amide bonds. The summed E-state index contributed by atoms with van der Waals surface area (Å²) >= 11 is 3.38. The van der Waals surface area contributed by atoms with Crippen molar-refractivity contribution < 1.29 is 4.52 Å². The zero-order valence-electron chi connectivity index (χ0n) is 9.72. The lowest BCUT2D eigenvalue weighted by atomic mass is 10.1. The summed E-state index contributed by atoms with van der Waals surface area (Å²) in [5, 5.41) is 3.96. The molecule has 0 aliphatic heterocycles. The third kappa shape index (κ3) is 2.73. The van der Waals surface area contributed by atoms with Gasteiger partial charge in [0.05, 0.1) is 5.92 Å². The van der Waals surface area contributed by atoms with Crippen LogP contribution in [-0.4, -0.2) is 16.2 Å². The highest BCUT2D eigenvalue weighted by Crippen LogP contribution is 2.22. The van der Waals surface area contributed by atoms with E-state index in [-0.39, 0.29) is 12.0 Å². The standard InChI is InChI=1S/C12H14BrN3O/c1-7(8(2)14)12-15-11(16-17-12)9-3-5-10(13)6-4-9/h3-8H,14H2,1-2H3. The van der Waals surface area contributed by atoms with Gasteiger partial charge in [0.1, 0.15) is 0 Å². The molecule has 4 nitrogen and oxygen atoms in total. The number of nitrogens with zero attached hydrogens (tertiary/aromatic N) is 2. The predicted octanol–water partition coefficient (Wildman–Crippen LogP) is 2.95. The second-order valence-electron chi connectivity index (χ2n) is 4.11. The first kappa shape index (κ1) is 12.3. The van der Waals surface area contributed by atoms with E-state index in [4.69, 9.17) is 10.3 Å². The fourth-order valence-electron chi connectivity index (χ4n) is 1.36. The molecule has 2 atom stereocenters. The van der Waals surface area contributed by atoms with Crippen LogP contribution in [0.25, 0.3) is 11.4 Å². The first-order valence-corrected chi connectivity index (χ1v) is 6.22. The number of benzene rings is 1. The largest absolute Gasteiger partial charge is 0.339 e. The Labute approximate surface area is 108 Å². The van der Waals surface area contributed by atoms with Crippen LogP contribution in [0, 0.1) is 0 Å². The van der Waals surface area contributed by atoms with Gasteiger partial charge in [0.25, 0.3) is 0 Å². The maximum atomic E-state index is 5.80. The maximum absolute atomic E-state index is 5.80. The smallest absolute Gasteiger partial charge is 0.231 e. The Kier molecular flexibility index (Phi) is 3.59. The van der Waals surface area contributed by atoms with Gasteiger partial charge >= 0.3 is 0 Å². The molecule has 1 aromatic heterocycles. The summed E-state index contributed by atoms with van der Waals surface area (Å²) < 4.78 is 6.24. The Morgan fingerprint density at radius 1 is 1.24 bits per heavy atom. The summed E-state index contributed by atoms with van der Waals surface area (Å²) in [7, 11) is 0. The van der Waals surface area contributed by atoms with Gasteiger partial charge in [-0.05, 0) is 31.2 Å². The molecule has 0 saturated heterocycles. The van der Waals surface area contributed by atoms with Crippen LogP contribution in [0.2, 0.25) is 0 Å². The van der Waals surface area contributed by atoms with Gasteiger partial charge in [-0.3, -0.25) is 0 Å². The summed E-state index contributed by atoms with van der Waals surface area (Å²) in [6, 6.07) is 7.76. The molecule has 0 radical (unpaired) electrons. The highest BCUT2D eigenvalue weighted by Gasteiger charge is 2.18. The summed E-state index contributed by atoms with van der Waals surface area (Å²) in [5.41, 5.74) is 6.73. The highest BCUT2D eigenvalue weighted by molar-refractivity contribution is 9.10. The summed E-state index contributed by atoms with van der Waals surface area (Å²) in [6.07, 6.45) is 0. The topological polar surface area (TPSA) is 64.9 Å². The molecule has 0 aliphatic carbocycles. The fraction of sp³-hybridized carbons (Fsp3) is 0.333. The van der Waals surface area contributed by atoms with E-state index < -0.39 is 0 Å². The van der Waals surface area contributed by atoms with Crippen LogP contribution in [0.15, 0.2) is 33.3 Å². The molecule has 2 unspecified atom stereocenters. The highest BCUT2D eigenvalue weighted by atomic mass is 79.9. The van der Waals surface area contributed by atoms with Crippen molar-refractivity contribution in [3.8, 4) is 11.4 Å². The molecule has 2 aromatic rings. The van der Waals surface area contributed by atoms with Crippen LogP contribution in [0.1, 0.15) is 25.7 Å². The fourth-order valence-corrected chi connectivity index (χ4v) is 1.63. The van der Waals surface area contributed by atoms with E-state index in [1.165, 1.54) is 0 Å². The van der Waals surface area contributed by atoms with Gasteiger partial charge in [0.2, 0.25) is 11.7 Å². The van der Waals surface area contributed by atoms with Crippen LogP contribution in [0.5, 0.6) is 0 Å². The van der Waals surface area contributed by atoms with E-state index in [0.717, 1.165) is 10.0 Å². The molecule has 0 fully saturated rings. The van der Waals surface area contributed by atoms with Crippen LogP contribution < -0.4 is 5.73 Å².